The molecule has 0 bridgehead atoms. The predicted octanol–water partition coefficient (Wildman–Crippen LogP) is 1.10. The molecule has 1 rings (SSSR count). The molecular formula is C8H14BrNO2. The maximum Gasteiger partial charge on any atom is 0.224 e. The molecule has 1 aliphatic rings. The van der Waals surface area contributed by atoms with Crippen molar-refractivity contribution in [2.45, 2.75) is 31.9 Å². The summed E-state index contributed by atoms with van der Waals surface area (Å²) < 4.78 is 0. The number of carbonyl (C=O) groups is 1. The Morgan fingerprint density at radius 2 is 2.33 bits per heavy atom. The van der Waals surface area contributed by atoms with Crippen molar-refractivity contribution >= 4 is 21.8 Å². The number of carbonyl (C=O) groups excluding carboxylic acids is 1. The second kappa shape index (κ2) is 4.82. The summed E-state index contributed by atoms with van der Waals surface area (Å²) in [5, 5.41) is 10.3. The van der Waals surface area contributed by atoms with Gasteiger partial charge in [0.05, 0.1) is 0 Å². The smallest absolute Gasteiger partial charge is 0.224 e. The number of aliphatic hydroxyl groups excluding tert-OH is 1. The summed E-state index contributed by atoms with van der Waals surface area (Å²) in [5.74, 6) is 0.0945. The first-order chi connectivity index (χ1) is 5.75. The van der Waals surface area contributed by atoms with Crippen molar-refractivity contribution in [2.75, 3.05) is 11.9 Å². The first kappa shape index (κ1) is 9.99. The lowest BCUT2D eigenvalue weighted by atomic mass is 10.3. The molecule has 1 N–H and O–H groups in total. The predicted molar refractivity (Wildman–Crippen MR) is 50.0 cm³/mol. The van der Waals surface area contributed by atoms with Gasteiger partial charge in [-0.25, -0.2) is 0 Å². The quantitative estimate of drug-likeness (QED) is 0.586. The molecule has 0 aromatic heterocycles. The maximum atomic E-state index is 11.1. The molecule has 0 aromatic rings. The summed E-state index contributed by atoms with van der Waals surface area (Å²) >= 11 is 3.32. The summed E-state index contributed by atoms with van der Waals surface area (Å²) in [6, 6.07) is 0. The summed E-state index contributed by atoms with van der Waals surface area (Å²) in [7, 11) is 0. The maximum absolute atomic E-state index is 11.1. The number of hydrogen-bond acceptors (Lipinski definition) is 2. The Morgan fingerprint density at radius 1 is 1.58 bits per heavy atom. The Balaban J connectivity index is 2.25. The molecular weight excluding hydrogens is 222 g/mol. The van der Waals surface area contributed by atoms with E-state index in [1.165, 1.54) is 0 Å². The van der Waals surface area contributed by atoms with Crippen LogP contribution in [0.15, 0.2) is 0 Å². The van der Waals surface area contributed by atoms with Crippen LogP contribution in [0.4, 0.5) is 0 Å². The highest BCUT2D eigenvalue weighted by Gasteiger charge is 2.27. The molecule has 12 heavy (non-hydrogen) atoms. The van der Waals surface area contributed by atoms with Gasteiger partial charge in [-0.1, -0.05) is 15.9 Å². The standard InChI is InChI=1S/C8H14BrNO2/c9-5-1-2-6-10-7(11)3-4-8(10)12/h7,11H,1-6H2. The van der Waals surface area contributed by atoms with Crippen molar-refractivity contribution in [3.63, 3.8) is 0 Å². The SMILES string of the molecule is O=C1CCC(O)N1CCCCBr. The number of amides is 1. The minimum absolute atomic E-state index is 0.0945. The Kier molecular flexibility index (Phi) is 4.01. The molecule has 0 aliphatic carbocycles. The molecule has 3 nitrogen and oxygen atoms in total. The van der Waals surface area contributed by atoms with Gasteiger partial charge in [0.15, 0.2) is 0 Å². The van der Waals surface area contributed by atoms with Crippen molar-refractivity contribution < 1.29 is 9.90 Å². The third-order valence-electron chi connectivity index (χ3n) is 2.08. The normalized spacial score (nSPS) is 23.7. The van der Waals surface area contributed by atoms with E-state index in [0.29, 0.717) is 19.4 Å². The molecule has 1 amide bonds. The molecule has 4 heteroatoms. The summed E-state index contributed by atoms with van der Waals surface area (Å²) in [6.07, 6.45) is 2.61. The first-order valence-electron chi connectivity index (χ1n) is 4.29. The van der Waals surface area contributed by atoms with Crippen LogP contribution in [0.1, 0.15) is 25.7 Å². The van der Waals surface area contributed by atoms with E-state index in [-0.39, 0.29) is 5.91 Å². The average Bonchev–Trinajstić information content (AvgIpc) is 2.35. The molecule has 0 aromatic carbocycles. The Morgan fingerprint density at radius 3 is 2.83 bits per heavy atom. The fraction of sp³-hybridized carbons (Fsp3) is 0.875. The van der Waals surface area contributed by atoms with Crippen LogP contribution in [0.5, 0.6) is 0 Å². The first-order valence-corrected chi connectivity index (χ1v) is 5.41. The van der Waals surface area contributed by atoms with Crippen molar-refractivity contribution in [1.82, 2.24) is 4.90 Å². The highest BCUT2D eigenvalue weighted by Crippen LogP contribution is 2.16. The number of nitrogens with zero attached hydrogens (tertiary/aromatic N) is 1. The number of unbranched alkanes of at least 4 members (excludes halogenated alkanes) is 1. The van der Waals surface area contributed by atoms with Gasteiger partial charge >= 0.3 is 0 Å². The van der Waals surface area contributed by atoms with Gasteiger partial charge in [0.1, 0.15) is 6.23 Å². The summed E-state index contributed by atoms with van der Waals surface area (Å²) in [6.45, 7) is 0.700. The molecule has 0 radical (unpaired) electrons. The molecule has 1 fully saturated rings. The second-order valence-electron chi connectivity index (χ2n) is 3.00. The van der Waals surface area contributed by atoms with Crippen LogP contribution in [-0.4, -0.2) is 34.0 Å². The Labute approximate surface area is 80.9 Å². The minimum Gasteiger partial charge on any atom is -0.374 e. The van der Waals surface area contributed by atoms with Crippen molar-refractivity contribution in [3.05, 3.63) is 0 Å². The lowest BCUT2D eigenvalue weighted by Crippen LogP contribution is -2.33. The van der Waals surface area contributed by atoms with E-state index in [0.717, 1.165) is 18.2 Å². The van der Waals surface area contributed by atoms with E-state index in [9.17, 15) is 9.90 Å². The van der Waals surface area contributed by atoms with E-state index in [2.05, 4.69) is 15.9 Å². The van der Waals surface area contributed by atoms with Gasteiger partial charge in [-0.2, -0.15) is 0 Å². The van der Waals surface area contributed by atoms with E-state index >= 15 is 0 Å². The van der Waals surface area contributed by atoms with Gasteiger partial charge in [0, 0.05) is 24.7 Å². The highest BCUT2D eigenvalue weighted by atomic mass is 79.9. The van der Waals surface area contributed by atoms with Crippen molar-refractivity contribution in [3.8, 4) is 0 Å². The second-order valence-corrected chi connectivity index (χ2v) is 3.80. The molecule has 1 saturated heterocycles. The van der Waals surface area contributed by atoms with E-state index in [1.807, 2.05) is 0 Å². The lowest BCUT2D eigenvalue weighted by Gasteiger charge is -2.19. The third kappa shape index (κ3) is 2.45. The lowest BCUT2D eigenvalue weighted by molar-refractivity contribution is -0.133. The van der Waals surface area contributed by atoms with Crippen molar-refractivity contribution in [2.24, 2.45) is 0 Å². The van der Waals surface area contributed by atoms with Crippen LogP contribution in [-0.2, 0) is 4.79 Å². The summed E-state index contributed by atoms with van der Waals surface area (Å²) in [4.78, 5) is 12.7. The number of aliphatic hydroxyl groups is 1. The number of rotatable bonds is 4. The van der Waals surface area contributed by atoms with E-state index < -0.39 is 6.23 Å². The Hall–Kier alpha value is -0.0900. The zero-order chi connectivity index (χ0) is 8.97. The van der Waals surface area contributed by atoms with Crippen LogP contribution in [0.2, 0.25) is 0 Å². The molecule has 1 unspecified atom stereocenters. The van der Waals surface area contributed by atoms with Gasteiger partial charge < -0.3 is 10.0 Å². The number of hydrogen-bond donors (Lipinski definition) is 1. The minimum atomic E-state index is -0.521. The van der Waals surface area contributed by atoms with Crippen LogP contribution >= 0.6 is 15.9 Å². The van der Waals surface area contributed by atoms with Crippen LogP contribution in [0, 0.1) is 0 Å². The van der Waals surface area contributed by atoms with Crippen molar-refractivity contribution in [1.29, 1.82) is 0 Å². The van der Waals surface area contributed by atoms with Gasteiger partial charge in [-0.3, -0.25) is 4.79 Å². The van der Waals surface area contributed by atoms with E-state index in [1.54, 1.807) is 4.90 Å². The highest BCUT2D eigenvalue weighted by molar-refractivity contribution is 9.09. The average molecular weight is 236 g/mol. The zero-order valence-electron chi connectivity index (χ0n) is 7.00. The molecule has 70 valence electrons. The molecule has 1 heterocycles. The fourth-order valence-electron chi connectivity index (χ4n) is 1.37. The molecule has 0 spiro atoms. The number of likely N-dealkylation sites (tertiary alicyclic amines) is 1. The Bertz CT molecular complexity index is 163. The van der Waals surface area contributed by atoms with E-state index in [4.69, 9.17) is 0 Å². The van der Waals surface area contributed by atoms with Gasteiger partial charge in [0.2, 0.25) is 5.91 Å². The van der Waals surface area contributed by atoms with Crippen LogP contribution < -0.4 is 0 Å². The molecule has 1 aliphatic heterocycles. The largest absolute Gasteiger partial charge is 0.374 e. The number of halogens is 1. The van der Waals surface area contributed by atoms with Crippen LogP contribution in [0.25, 0.3) is 0 Å². The topological polar surface area (TPSA) is 40.5 Å². The molecule has 1 atom stereocenters. The van der Waals surface area contributed by atoms with Gasteiger partial charge in [0.25, 0.3) is 0 Å². The monoisotopic (exact) mass is 235 g/mol. The third-order valence-corrected chi connectivity index (χ3v) is 2.64. The van der Waals surface area contributed by atoms with Crippen LogP contribution in [0.3, 0.4) is 0 Å². The molecule has 0 saturated carbocycles. The van der Waals surface area contributed by atoms with Gasteiger partial charge in [-0.05, 0) is 12.8 Å². The summed E-state index contributed by atoms with van der Waals surface area (Å²) in [5.41, 5.74) is 0. The number of alkyl halides is 1. The fourth-order valence-corrected chi connectivity index (χ4v) is 1.77. The zero-order valence-corrected chi connectivity index (χ0v) is 8.59. The van der Waals surface area contributed by atoms with Gasteiger partial charge in [-0.15, -0.1) is 0 Å².